The number of rotatable bonds is 6. The minimum atomic E-state index is 0.601. The molecule has 1 saturated carbocycles. The molecule has 102 valence electrons. The van der Waals surface area contributed by atoms with Gasteiger partial charge in [0.1, 0.15) is 5.76 Å². The van der Waals surface area contributed by atoms with Crippen molar-refractivity contribution in [2.24, 2.45) is 11.8 Å². The van der Waals surface area contributed by atoms with Crippen LogP contribution in [0.5, 0.6) is 0 Å². The standard InChI is InChI=1S/C16H27NO/c1-3-10-17-16(12-15-5-4-11-18-15)14-8-6-13(2)7-9-14/h4-5,11,13-14,16-17H,3,6-10,12H2,1-2H3. The molecular weight excluding hydrogens is 222 g/mol. The Hall–Kier alpha value is -0.760. The van der Waals surface area contributed by atoms with Crippen LogP contribution in [-0.4, -0.2) is 12.6 Å². The molecule has 1 fully saturated rings. The third kappa shape index (κ3) is 3.88. The molecule has 1 aliphatic carbocycles. The third-order valence-corrected chi connectivity index (χ3v) is 4.29. The van der Waals surface area contributed by atoms with Gasteiger partial charge in [0.05, 0.1) is 6.26 Å². The molecule has 1 aliphatic rings. The van der Waals surface area contributed by atoms with Crippen molar-refractivity contribution < 1.29 is 4.42 Å². The largest absolute Gasteiger partial charge is 0.469 e. The SMILES string of the molecule is CCCNC(Cc1ccco1)C1CCC(C)CC1. The monoisotopic (exact) mass is 249 g/mol. The first-order valence-electron chi connectivity index (χ1n) is 7.55. The van der Waals surface area contributed by atoms with Gasteiger partial charge in [-0.15, -0.1) is 0 Å². The molecule has 0 aliphatic heterocycles. The lowest BCUT2D eigenvalue weighted by atomic mass is 9.78. The summed E-state index contributed by atoms with van der Waals surface area (Å²) >= 11 is 0. The molecule has 0 spiro atoms. The Morgan fingerprint density at radius 1 is 1.33 bits per heavy atom. The minimum absolute atomic E-state index is 0.601. The summed E-state index contributed by atoms with van der Waals surface area (Å²) in [6, 6.07) is 4.70. The van der Waals surface area contributed by atoms with E-state index in [0.717, 1.165) is 30.6 Å². The summed E-state index contributed by atoms with van der Waals surface area (Å²) in [5, 5.41) is 3.73. The smallest absolute Gasteiger partial charge is 0.105 e. The molecule has 0 aromatic carbocycles. The molecule has 1 heterocycles. The van der Waals surface area contributed by atoms with Crippen LogP contribution in [0, 0.1) is 11.8 Å². The van der Waals surface area contributed by atoms with E-state index in [1.165, 1.54) is 32.1 Å². The van der Waals surface area contributed by atoms with Crippen LogP contribution in [0.2, 0.25) is 0 Å². The second-order valence-corrected chi connectivity index (χ2v) is 5.86. The number of furan rings is 1. The van der Waals surface area contributed by atoms with Gasteiger partial charge in [-0.05, 0) is 49.8 Å². The maximum atomic E-state index is 5.52. The summed E-state index contributed by atoms with van der Waals surface area (Å²) in [6.07, 6.45) is 9.59. The maximum absolute atomic E-state index is 5.52. The molecule has 18 heavy (non-hydrogen) atoms. The van der Waals surface area contributed by atoms with Crippen LogP contribution in [0.15, 0.2) is 22.8 Å². The molecule has 1 aromatic heterocycles. The zero-order valence-corrected chi connectivity index (χ0v) is 11.8. The van der Waals surface area contributed by atoms with E-state index in [-0.39, 0.29) is 0 Å². The van der Waals surface area contributed by atoms with E-state index in [1.54, 1.807) is 6.26 Å². The molecule has 0 radical (unpaired) electrons. The van der Waals surface area contributed by atoms with Gasteiger partial charge in [-0.3, -0.25) is 0 Å². The van der Waals surface area contributed by atoms with Crippen LogP contribution < -0.4 is 5.32 Å². The number of hydrogen-bond acceptors (Lipinski definition) is 2. The molecule has 1 aromatic rings. The molecule has 2 heteroatoms. The predicted octanol–water partition coefficient (Wildman–Crippen LogP) is 4.02. The van der Waals surface area contributed by atoms with Crippen LogP contribution in [0.4, 0.5) is 0 Å². The topological polar surface area (TPSA) is 25.2 Å². The van der Waals surface area contributed by atoms with Gasteiger partial charge in [0.2, 0.25) is 0 Å². The van der Waals surface area contributed by atoms with Crippen LogP contribution in [-0.2, 0) is 6.42 Å². The average Bonchev–Trinajstić information content (AvgIpc) is 2.88. The van der Waals surface area contributed by atoms with Crippen LogP contribution in [0.3, 0.4) is 0 Å². The molecular formula is C16H27NO. The van der Waals surface area contributed by atoms with Crippen molar-refractivity contribution in [3.05, 3.63) is 24.2 Å². The molecule has 0 bridgehead atoms. The lowest BCUT2D eigenvalue weighted by Gasteiger charge is -2.33. The second-order valence-electron chi connectivity index (χ2n) is 5.86. The summed E-state index contributed by atoms with van der Waals surface area (Å²) in [6.45, 7) is 5.74. The summed E-state index contributed by atoms with van der Waals surface area (Å²) in [7, 11) is 0. The summed E-state index contributed by atoms with van der Waals surface area (Å²) in [5.41, 5.74) is 0. The highest BCUT2D eigenvalue weighted by Crippen LogP contribution is 2.31. The first-order chi connectivity index (χ1) is 8.79. The van der Waals surface area contributed by atoms with Gasteiger partial charge in [0.15, 0.2) is 0 Å². The van der Waals surface area contributed by atoms with Gasteiger partial charge in [-0.1, -0.05) is 26.7 Å². The van der Waals surface area contributed by atoms with E-state index >= 15 is 0 Å². The van der Waals surface area contributed by atoms with E-state index in [4.69, 9.17) is 4.42 Å². The highest BCUT2D eigenvalue weighted by molar-refractivity contribution is 5.01. The normalized spacial score (nSPS) is 26.1. The molecule has 0 amide bonds. The van der Waals surface area contributed by atoms with Crippen LogP contribution in [0.25, 0.3) is 0 Å². The predicted molar refractivity (Wildman–Crippen MR) is 75.6 cm³/mol. The van der Waals surface area contributed by atoms with Crippen molar-refractivity contribution in [2.75, 3.05) is 6.54 Å². The Morgan fingerprint density at radius 3 is 2.72 bits per heavy atom. The molecule has 1 atom stereocenters. The minimum Gasteiger partial charge on any atom is -0.469 e. The second kappa shape index (κ2) is 6.98. The summed E-state index contributed by atoms with van der Waals surface area (Å²) in [5.74, 6) is 2.89. The van der Waals surface area contributed by atoms with E-state index in [1.807, 2.05) is 6.07 Å². The van der Waals surface area contributed by atoms with Gasteiger partial charge in [0, 0.05) is 12.5 Å². The van der Waals surface area contributed by atoms with Gasteiger partial charge >= 0.3 is 0 Å². The Labute approximate surface area is 111 Å². The molecule has 2 nitrogen and oxygen atoms in total. The molecule has 1 unspecified atom stereocenters. The fourth-order valence-corrected chi connectivity index (χ4v) is 3.07. The Balaban J connectivity index is 1.91. The zero-order chi connectivity index (χ0) is 12.8. The van der Waals surface area contributed by atoms with Crippen molar-refractivity contribution in [3.8, 4) is 0 Å². The number of nitrogens with one attached hydrogen (secondary N) is 1. The Bertz CT molecular complexity index is 312. The van der Waals surface area contributed by atoms with E-state index in [0.29, 0.717) is 6.04 Å². The van der Waals surface area contributed by atoms with E-state index in [9.17, 15) is 0 Å². The first-order valence-corrected chi connectivity index (χ1v) is 7.55. The lowest BCUT2D eigenvalue weighted by Crippen LogP contribution is -2.40. The van der Waals surface area contributed by atoms with E-state index in [2.05, 4.69) is 25.2 Å². The van der Waals surface area contributed by atoms with Gasteiger partial charge < -0.3 is 9.73 Å². The molecule has 2 rings (SSSR count). The lowest BCUT2D eigenvalue weighted by molar-refractivity contribution is 0.223. The van der Waals surface area contributed by atoms with E-state index < -0.39 is 0 Å². The summed E-state index contributed by atoms with van der Waals surface area (Å²) < 4.78 is 5.52. The van der Waals surface area contributed by atoms with Crippen molar-refractivity contribution in [3.63, 3.8) is 0 Å². The highest BCUT2D eigenvalue weighted by Gasteiger charge is 2.26. The highest BCUT2D eigenvalue weighted by atomic mass is 16.3. The average molecular weight is 249 g/mol. The fourth-order valence-electron chi connectivity index (χ4n) is 3.07. The van der Waals surface area contributed by atoms with Crippen molar-refractivity contribution >= 4 is 0 Å². The zero-order valence-electron chi connectivity index (χ0n) is 11.8. The Morgan fingerprint density at radius 2 is 2.11 bits per heavy atom. The first kappa shape index (κ1) is 13.7. The van der Waals surface area contributed by atoms with Crippen molar-refractivity contribution in [1.82, 2.24) is 5.32 Å². The summed E-state index contributed by atoms with van der Waals surface area (Å²) in [4.78, 5) is 0. The fraction of sp³-hybridized carbons (Fsp3) is 0.750. The van der Waals surface area contributed by atoms with Gasteiger partial charge in [0.25, 0.3) is 0 Å². The van der Waals surface area contributed by atoms with Gasteiger partial charge in [-0.2, -0.15) is 0 Å². The number of hydrogen-bond donors (Lipinski definition) is 1. The van der Waals surface area contributed by atoms with Crippen molar-refractivity contribution in [1.29, 1.82) is 0 Å². The quantitative estimate of drug-likeness (QED) is 0.824. The molecule has 0 saturated heterocycles. The Kier molecular flexibility index (Phi) is 5.30. The molecule has 1 N–H and O–H groups in total. The van der Waals surface area contributed by atoms with Crippen LogP contribution in [0.1, 0.15) is 51.7 Å². The third-order valence-electron chi connectivity index (χ3n) is 4.29. The van der Waals surface area contributed by atoms with Crippen molar-refractivity contribution in [2.45, 2.75) is 58.4 Å². The maximum Gasteiger partial charge on any atom is 0.105 e. The van der Waals surface area contributed by atoms with Crippen LogP contribution >= 0.6 is 0 Å². The van der Waals surface area contributed by atoms with Gasteiger partial charge in [-0.25, -0.2) is 0 Å².